The van der Waals surface area contributed by atoms with E-state index in [1.807, 2.05) is 12.1 Å². The number of aliphatic hydroxyl groups is 1. The van der Waals surface area contributed by atoms with Crippen molar-refractivity contribution in [1.82, 2.24) is 14.9 Å². The van der Waals surface area contributed by atoms with Gasteiger partial charge in [0.1, 0.15) is 5.82 Å². The first-order chi connectivity index (χ1) is 11.7. The number of imidazole rings is 1. The number of nitrogens with one attached hydrogen (secondary N) is 1. The molecule has 0 bridgehead atoms. The summed E-state index contributed by atoms with van der Waals surface area (Å²) in [6.07, 6.45) is 0.894. The predicted molar refractivity (Wildman–Crippen MR) is 89.4 cm³/mol. The van der Waals surface area contributed by atoms with Crippen LogP contribution in [0, 0.1) is 0 Å². The summed E-state index contributed by atoms with van der Waals surface area (Å²) in [6.45, 7) is 3.65. The molecular weight excluding hydrogens is 308 g/mol. The van der Waals surface area contributed by atoms with Crippen molar-refractivity contribution in [3.8, 4) is 11.4 Å². The molecule has 24 heavy (non-hydrogen) atoms. The van der Waals surface area contributed by atoms with Crippen LogP contribution < -0.4 is 5.73 Å². The van der Waals surface area contributed by atoms with Gasteiger partial charge in [0.2, 0.25) is 5.91 Å². The molecule has 7 nitrogen and oxygen atoms in total. The molecule has 128 valence electrons. The summed E-state index contributed by atoms with van der Waals surface area (Å²) in [5.74, 6) is 0.383. The molecule has 0 saturated carbocycles. The van der Waals surface area contributed by atoms with Crippen molar-refractivity contribution < 1.29 is 14.6 Å². The van der Waals surface area contributed by atoms with Gasteiger partial charge in [0.25, 0.3) is 0 Å². The minimum atomic E-state index is -0.431. The SMILES string of the molecule is NC(=O)c1ccc(-c2nc3c([nH]2)CN(CCOCCO)CC3)cc1. The number of aromatic amines is 1. The van der Waals surface area contributed by atoms with Crippen molar-refractivity contribution in [2.24, 2.45) is 5.73 Å². The van der Waals surface area contributed by atoms with E-state index in [1.54, 1.807) is 12.1 Å². The fourth-order valence-corrected chi connectivity index (χ4v) is 2.83. The predicted octanol–water partition coefficient (Wildman–Crippen LogP) is 0.543. The topological polar surface area (TPSA) is 104 Å². The monoisotopic (exact) mass is 330 g/mol. The average Bonchev–Trinajstić information content (AvgIpc) is 3.02. The van der Waals surface area contributed by atoms with Crippen LogP contribution in [-0.4, -0.2) is 58.8 Å². The Morgan fingerprint density at radius 1 is 1.33 bits per heavy atom. The molecule has 0 spiro atoms. The largest absolute Gasteiger partial charge is 0.394 e. The first-order valence-corrected chi connectivity index (χ1v) is 8.06. The molecule has 1 aliphatic rings. The molecule has 0 radical (unpaired) electrons. The van der Waals surface area contributed by atoms with Gasteiger partial charge >= 0.3 is 0 Å². The van der Waals surface area contributed by atoms with Gasteiger partial charge in [-0.05, 0) is 12.1 Å². The van der Waals surface area contributed by atoms with Gasteiger partial charge < -0.3 is 20.6 Å². The maximum absolute atomic E-state index is 11.1. The van der Waals surface area contributed by atoms with Crippen LogP contribution in [0.15, 0.2) is 24.3 Å². The third-order valence-corrected chi connectivity index (χ3v) is 4.14. The van der Waals surface area contributed by atoms with Gasteiger partial charge in [-0.3, -0.25) is 9.69 Å². The van der Waals surface area contributed by atoms with E-state index in [0.29, 0.717) is 18.8 Å². The molecule has 0 saturated heterocycles. The lowest BCUT2D eigenvalue weighted by Gasteiger charge is -2.25. The van der Waals surface area contributed by atoms with Crippen LogP contribution in [0.3, 0.4) is 0 Å². The molecule has 1 aromatic heterocycles. The first kappa shape index (κ1) is 16.6. The number of hydrogen-bond acceptors (Lipinski definition) is 5. The number of hydrogen-bond donors (Lipinski definition) is 3. The normalized spacial score (nSPS) is 14.5. The number of H-pyrrole nitrogens is 1. The first-order valence-electron chi connectivity index (χ1n) is 8.06. The van der Waals surface area contributed by atoms with Crippen LogP contribution >= 0.6 is 0 Å². The Morgan fingerprint density at radius 3 is 2.83 bits per heavy atom. The van der Waals surface area contributed by atoms with Crippen LogP contribution in [0.4, 0.5) is 0 Å². The standard InChI is InChI=1S/C17H22N4O3/c18-16(23)12-1-3-13(4-2-12)17-19-14-5-6-21(11-15(14)20-17)7-9-24-10-8-22/h1-4,22H,5-11H2,(H2,18,23)(H,19,20). The highest BCUT2D eigenvalue weighted by molar-refractivity contribution is 5.93. The van der Waals surface area contributed by atoms with Crippen molar-refractivity contribution in [2.75, 3.05) is 32.9 Å². The van der Waals surface area contributed by atoms with E-state index in [0.717, 1.165) is 48.8 Å². The summed E-state index contributed by atoms with van der Waals surface area (Å²) in [7, 11) is 0. The molecule has 2 heterocycles. The van der Waals surface area contributed by atoms with E-state index < -0.39 is 5.91 Å². The number of rotatable bonds is 7. The van der Waals surface area contributed by atoms with E-state index in [1.165, 1.54) is 0 Å². The summed E-state index contributed by atoms with van der Waals surface area (Å²) in [5.41, 5.74) is 8.91. The summed E-state index contributed by atoms with van der Waals surface area (Å²) in [6, 6.07) is 7.13. The molecule has 0 atom stereocenters. The Balaban J connectivity index is 1.65. The van der Waals surface area contributed by atoms with Crippen LogP contribution in [-0.2, 0) is 17.7 Å². The minimum absolute atomic E-state index is 0.0581. The molecule has 0 fully saturated rings. The van der Waals surface area contributed by atoms with Gasteiger partial charge in [0.15, 0.2) is 0 Å². The number of aromatic nitrogens is 2. The second-order valence-corrected chi connectivity index (χ2v) is 5.81. The molecule has 1 amide bonds. The highest BCUT2D eigenvalue weighted by Crippen LogP contribution is 2.23. The van der Waals surface area contributed by atoms with Crippen molar-refractivity contribution >= 4 is 5.91 Å². The zero-order valence-electron chi connectivity index (χ0n) is 13.5. The lowest BCUT2D eigenvalue weighted by molar-refractivity contribution is 0.0705. The van der Waals surface area contributed by atoms with Gasteiger partial charge in [-0.2, -0.15) is 0 Å². The molecule has 2 aromatic rings. The smallest absolute Gasteiger partial charge is 0.248 e. The fourth-order valence-electron chi connectivity index (χ4n) is 2.83. The lowest BCUT2D eigenvalue weighted by Crippen LogP contribution is -2.33. The number of carbonyl (C=O) groups is 1. The molecule has 4 N–H and O–H groups in total. The summed E-state index contributed by atoms with van der Waals surface area (Å²) < 4.78 is 5.32. The lowest BCUT2D eigenvalue weighted by atomic mass is 10.1. The maximum Gasteiger partial charge on any atom is 0.248 e. The zero-order chi connectivity index (χ0) is 16.9. The summed E-state index contributed by atoms with van der Waals surface area (Å²) in [4.78, 5) is 21.5. The molecule has 0 unspecified atom stereocenters. The maximum atomic E-state index is 11.1. The number of carbonyl (C=O) groups excluding carboxylic acids is 1. The molecule has 0 aliphatic carbocycles. The van der Waals surface area contributed by atoms with Gasteiger partial charge in [0, 0.05) is 37.2 Å². The van der Waals surface area contributed by atoms with Gasteiger partial charge in [-0.15, -0.1) is 0 Å². The zero-order valence-corrected chi connectivity index (χ0v) is 13.5. The Bertz CT molecular complexity index is 696. The quantitative estimate of drug-likeness (QED) is 0.643. The van der Waals surface area contributed by atoms with E-state index in [9.17, 15) is 4.79 Å². The van der Waals surface area contributed by atoms with E-state index in [4.69, 9.17) is 15.6 Å². The third-order valence-electron chi connectivity index (χ3n) is 4.14. The molecule has 7 heteroatoms. The van der Waals surface area contributed by atoms with Crippen molar-refractivity contribution in [2.45, 2.75) is 13.0 Å². The number of primary amides is 1. The third kappa shape index (κ3) is 3.81. The number of benzene rings is 1. The molecule has 1 aliphatic heterocycles. The number of nitrogens with two attached hydrogens (primary N) is 1. The van der Waals surface area contributed by atoms with Gasteiger partial charge in [-0.1, -0.05) is 12.1 Å². The summed E-state index contributed by atoms with van der Waals surface area (Å²) >= 11 is 0. The fraction of sp³-hybridized carbons (Fsp3) is 0.412. The number of nitrogens with zero attached hydrogens (tertiary/aromatic N) is 2. The molecule has 3 rings (SSSR count). The second-order valence-electron chi connectivity index (χ2n) is 5.81. The van der Waals surface area contributed by atoms with Crippen molar-refractivity contribution in [1.29, 1.82) is 0 Å². The van der Waals surface area contributed by atoms with Crippen LogP contribution in [0.1, 0.15) is 21.7 Å². The highest BCUT2D eigenvalue weighted by Gasteiger charge is 2.20. The number of ether oxygens (including phenoxy) is 1. The van der Waals surface area contributed by atoms with Gasteiger partial charge in [0.05, 0.1) is 31.2 Å². The highest BCUT2D eigenvalue weighted by atomic mass is 16.5. The van der Waals surface area contributed by atoms with Crippen LogP contribution in [0.5, 0.6) is 0 Å². The molecular formula is C17H22N4O3. The second kappa shape index (κ2) is 7.57. The average molecular weight is 330 g/mol. The molecule has 1 aromatic carbocycles. The van der Waals surface area contributed by atoms with E-state index in [2.05, 4.69) is 14.9 Å². The Labute approximate surface area is 140 Å². The van der Waals surface area contributed by atoms with Crippen LogP contribution in [0.25, 0.3) is 11.4 Å². The van der Waals surface area contributed by atoms with E-state index in [-0.39, 0.29) is 6.61 Å². The van der Waals surface area contributed by atoms with Gasteiger partial charge in [-0.25, -0.2) is 4.98 Å². The number of fused-ring (bicyclic) bond motifs is 1. The summed E-state index contributed by atoms with van der Waals surface area (Å²) in [5, 5.41) is 8.71. The minimum Gasteiger partial charge on any atom is -0.394 e. The number of aliphatic hydroxyl groups excluding tert-OH is 1. The number of amides is 1. The van der Waals surface area contributed by atoms with Crippen molar-refractivity contribution in [3.63, 3.8) is 0 Å². The van der Waals surface area contributed by atoms with Crippen LogP contribution in [0.2, 0.25) is 0 Å². The van der Waals surface area contributed by atoms with Crippen molar-refractivity contribution in [3.05, 3.63) is 41.2 Å². The Hall–Kier alpha value is -2.22. The Kier molecular flexibility index (Phi) is 5.24. The van der Waals surface area contributed by atoms with E-state index >= 15 is 0 Å². The Morgan fingerprint density at radius 2 is 2.12 bits per heavy atom.